The van der Waals surface area contributed by atoms with Crippen LogP contribution in [0.15, 0.2) is 12.4 Å². The summed E-state index contributed by atoms with van der Waals surface area (Å²) in [7, 11) is 1.69. The molecule has 4 heteroatoms. The number of aromatic nitrogens is 2. The summed E-state index contributed by atoms with van der Waals surface area (Å²) < 4.78 is 5.10. The molecule has 72 valence electrons. The molecule has 1 N–H and O–H groups in total. The third-order valence-corrected chi connectivity index (χ3v) is 1.78. The Hall–Kier alpha value is -1.16. The maximum Gasteiger partial charge on any atom is 0.129 e. The van der Waals surface area contributed by atoms with Gasteiger partial charge in [-0.3, -0.25) is 0 Å². The van der Waals surface area contributed by atoms with Gasteiger partial charge in [-0.15, -0.1) is 0 Å². The van der Waals surface area contributed by atoms with E-state index >= 15 is 0 Å². The number of methoxy groups -OCH3 is 1. The Labute approximate surface area is 78.4 Å². The van der Waals surface area contributed by atoms with Crippen molar-refractivity contribution in [3.63, 3.8) is 0 Å². The Kier molecular flexibility index (Phi) is 3.64. The SMILES string of the molecule is COC(C)CNc1cc(C)ncn1. The first-order chi connectivity index (χ1) is 6.22. The van der Waals surface area contributed by atoms with Crippen LogP contribution in [-0.4, -0.2) is 29.7 Å². The molecule has 0 spiro atoms. The first-order valence-electron chi connectivity index (χ1n) is 4.27. The normalized spacial score (nSPS) is 12.5. The quantitative estimate of drug-likeness (QED) is 0.759. The summed E-state index contributed by atoms with van der Waals surface area (Å²) >= 11 is 0. The van der Waals surface area contributed by atoms with Gasteiger partial charge >= 0.3 is 0 Å². The lowest BCUT2D eigenvalue weighted by Crippen LogP contribution is -2.18. The summed E-state index contributed by atoms with van der Waals surface area (Å²) in [4.78, 5) is 8.07. The summed E-state index contributed by atoms with van der Waals surface area (Å²) in [5, 5.41) is 3.16. The minimum Gasteiger partial charge on any atom is -0.380 e. The molecule has 0 radical (unpaired) electrons. The van der Waals surface area contributed by atoms with Crippen molar-refractivity contribution in [2.75, 3.05) is 19.0 Å². The van der Waals surface area contributed by atoms with E-state index in [1.165, 1.54) is 0 Å². The van der Waals surface area contributed by atoms with Gasteiger partial charge in [0.15, 0.2) is 0 Å². The smallest absolute Gasteiger partial charge is 0.129 e. The maximum absolute atomic E-state index is 5.10. The molecule has 1 aromatic rings. The molecule has 0 amide bonds. The van der Waals surface area contributed by atoms with E-state index in [2.05, 4.69) is 15.3 Å². The zero-order valence-electron chi connectivity index (χ0n) is 8.24. The van der Waals surface area contributed by atoms with Crippen molar-refractivity contribution in [1.82, 2.24) is 9.97 Å². The van der Waals surface area contributed by atoms with Crippen molar-refractivity contribution in [3.05, 3.63) is 18.1 Å². The van der Waals surface area contributed by atoms with Crippen LogP contribution in [0.5, 0.6) is 0 Å². The summed E-state index contributed by atoms with van der Waals surface area (Å²) in [5.74, 6) is 0.844. The Morgan fingerprint density at radius 2 is 2.31 bits per heavy atom. The fourth-order valence-electron chi connectivity index (χ4n) is 0.883. The first kappa shape index (κ1) is 9.92. The number of hydrogen-bond acceptors (Lipinski definition) is 4. The summed E-state index contributed by atoms with van der Waals surface area (Å²) in [6.45, 7) is 4.70. The fourth-order valence-corrected chi connectivity index (χ4v) is 0.883. The highest BCUT2D eigenvalue weighted by molar-refractivity contribution is 5.34. The maximum atomic E-state index is 5.10. The van der Waals surface area contributed by atoms with Crippen LogP contribution in [0.2, 0.25) is 0 Å². The average molecular weight is 181 g/mol. The van der Waals surface area contributed by atoms with Crippen molar-refractivity contribution < 1.29 is 4.74 Å². The molecule has 4 nitrogen and oxygen atoms in total. The molecule has 0 aliphatic heterocycles. The van der Waals surface area contributed by atoms with E-state index in [-0.39, 0.29) is 6.10 Å². The number of nitrogens with one attached hydrogen (secondary N) is 1. The first-order valence-corrected chi connectivity index (χ1v) is 4.27. The molecular formula is C9H15N3O. The van der Waals surface area contributed by atoms with Crippen LogP contribution in [0.1, 0.15) is 12.6 Å². The summed E-state index contributed by atoms with van der Waals surface area (Å²) in [6.07, 6.45) is 1.74. The number of aryl methyl sites for hydroxylation is 1. The van der Waals surface area contributed by atoms with Crippen molar-refractivity contribution in [2.45, 2.75) is 20.0 Å². The Bertz CT molecular complexity index is 265. The van der Waals surface area contributed by atoms with E-state index in [1.54, 1.807) is 13.4 Å². The lowest BCUT2D eigenvalue weighted by atomic mass is 10.4. The molecule has 13 heavy (non-hydrogen) atoms. The van der Waals surface area contributed by atoms with Gasteiger partial charge < -0.3 is 10.1 Å². The van der Waals surface area contributed by atoms with Gasteiger partial charge in [0.05, 0.1) is 6.10 Å². The highest BCUT2D eigenvalue weighted by Gasteiger charge is 1.99. The Balaban J connectivity index is 2.45. The van der Waals surface area contributed by atoms with E-state index < -0.39 is 0 Å². The molecule has 1 aromatic heterocycles. The van der Waals surface area contributed by atoms with Crippen molar-refractivity contribution in [3.8, 4) is 0 Å². The average Bonchev–Trinajstić information content (AvgIpc) is 2.14. The minimum atomic E-state index is 0.190. The molecule has 0 aliphatic rings. The Morgan fingerprint density at radius 3 is 2.92 bits per heavy atom. The van der Waals surface area contributed by atoms with Crippen LogP contribution in [-0.2, 0) is 4.74 Å². The second-order valence-corrected chi connectivity index (χ2v) is 2.97. The van der Waals surface area contributed by atoms with E-state index in [1.807, 2.05) is 19.9 Å². The van der Waals surface area contributed by atoms with Crippen LogP contribution in [0, 0.1) is 6.92 Å². The van der Waals surface area contributed by atoms with Crippen molar-refractivity contribution >= 4 is 5.82 Å². The monoisotopic (exact) mass is 181 g/mol. The second-order valence-electron chi connectivity index (χ2n) is 2.97. The minimum absolute atomic E-state index is 0.190. The van der Waals surface area contributed by atoms with Crippen LogP contribution in [0.4, 0.5) is 5.82 Å². The third-order valence-electron chi connectivity index (χ3n) is 1.78. The summed E-state index contributed by atoms with van der Waals surface area (Å²) in [5.41, 5.74) is 0.961. The topological polar surface area (TPSA) is 47.0 Å². The molecule has 0 fully saturated rings. The van der Waals surface area contributed by atoms with Crippen LogP contribution >= 0.6 is 0 Å². The van der Waals surface area contributed by atoms with Crippen LogP contribution < -0.4 is 5.32 Å². The number of hydrogen-bond donors (Lipinski definition) is 1. The van der Waals surface area contributed by atoms with E-state index in [4.69, 9.17) is 4.74 Å². The van der Waals surface area contributed by atoms with Gasteiger partial charge in [0.1, 0.15) is 12.1 Å². The zero-order valence-corrected chi connectivity index (χ0v) is 8.24. The van der Waals surface area contributed by atoms with Gasteiger partial charge in [-0.2, -0.15) is 0 Å². The molecule has 0 saturated heterocycles. The predicted octanol–water partition coefficient (Wildman–Crippen LogP) is 1.23. The van der Waals surface area contributed by atoms with Gasteiger partial charge in [-0.1, -0.05) is 0 Å². The standard InChI is InChI=1S/C9H15N3O/c1-7-4-9(12-6-11-7)10-5-8(2)13-3/h4,6,8H,5H2,1-3H3,(H,10,11,12). The van der Waals surface area contributed by atoms with E-state index in [0.29, 0.717) is 0 Å². The van der Waals surface area contributed by atoms with Gasteiger partial charge in [0, 0.05) is 25.4 Å². The Morgan fingerprint density at radius 1 is 1.54 bits per heavy atom. The molecular weight excluding hydrogens is 166 g/mol. The lowest BCUT2D eigenvalue weighted by Gasteiger charge is -2.10. The zero-order chi connectivity index (χ0) is 9.68. The number of anilines is 1. The molecule has 0 aliphatic carbocycles. The van der Waals surface area contributed by atoms with Crippen LogP contribution in [0.25, 0.3) is 0 Å². The summed E-state index contributed by atoms with van der Waals surface area (Å²) in [6, 6.07) is 1.91. The highest BCUT2D eigenvalue weighted by atomic mass is 16.5. The molecule has 0 aromatic carbocycles. The molecule has 0 bridgehead atoms. The van der Waals surface area contributed by atoms with Gasteiger partial charge in [-0.25, -0.2) is 9.97 Å². The van der Waals surface area contributed by atoms with E-state index in [0.717, 1.165) is 18.1 Å². The van der Waals surface area contributed by atoms with Crippen LogP contribution in [0.3, 0.4) is 0 Å². The predicted molar refractivity (Wildman–Crippen MR) is 51.7 cm³/mol. The van der Waals surface area contributed by atoms with Gasteiger partial charge in [0.25, 0.3) is 0 Å². The van der Waals surface area contributed by atoms with Gasteiger partial charge in [-0.05, 0) is 13.8 Å². The molecule has 0 saturated carbocycles. The largest absolute Gasteiger partial charge is 0.380 e. The fraction of sp³-hybridized carbons (Fsp3) is 0.556. The second kappa shape index (κ2) is 4.77. The highest BCUT2D eigenvalue weighted by Crippen LogP contribution is 2.02. The third kappa shape index (κ3) is 3.38. The van der Waals surface area contributed by atoms with Crippen molar-refractivity contribution in [1.29, 1.82) is 0 Å². The molecule has 1 rings (SSSR count). The van der Waals surface area contributed by atoms with E-state index in [9.17, 15) is 0 Å². The van der Waals surface area contributed by atoms with Crippen molar-refractivity contribution in [2.24, 2.45) is 0 Å². The molecule has 1 atom stereocenters. The molecule has 1 unspecified atom stereocenters. The number of ether oxygens (including phenoxy) is 1. The number of rotatable bonds is 4. The molecule has 1 heterocycles. The lowest BCUT2D eigenvalue weighted by molar-refractivity contribution is 0.128. The van der Waals surface area contributed by atoms with Gasteiger partial charge in [0.2, 0.25) is 0 Å². The number of nitrogens with zero attached hydrogens (tertiary/aromatic N) is 2.